The molecule has 10 aromatic carbocycles. The standard InChI is InChI=1S/C92H70Cl12N8O4.Zn/c1-91(2,48-32-16-8-17-33-48)50-42-43-58(54(44-50)92(3,4)49-34-18-9-19-35-49)116-82-74(100)66-62(70(96)78(82)104)84-105-83-59-64(72(98)80(75(101)67(59)93)114-56-40-24-21-37-52(56)46-28-12-6-13-29-46)89(107-83)112-90-65-61(69(95)77(103)81(73(65)99)115-57-41-25-22-38-53(57)47-30-14-7-15-31-47)86(111-90)109-87-63-60(85(108-87)110-88(66)106-84)68(94)76(102)79(71(63)97)113-55-39-23-20-36-51(55)45-26-10-5-11-27-45;/h8-9,16-25,32-47H,5-7,10-15,26-31H2,1-4H3;/q-2;+2. The number of aromatic nitrogens is 8. The van der Waals surface area contributed by atoms with E-state index in [9.17, 15) is 0 Å². The molecule has 588 valence electrons. The zero-order valence-corrected chi connectivity index (χ0v) is 75.8. The molecule has 18 rings (SSSR count). The summed E-state index contributed by atoms with van der Waals surface area (Å²) in [6, 6.07) is 50.2. The van der Waals surface area contributed by atoms with Crippen molar-refractivity contribution in [2.45, 2.75) is 153 Å². The molecule has 0 radical (unpaired) electrons. The van der Waals surface area contributed by atoms with Crippen LogP contribution in [0.15, 0.2) is 152 Å². The maximum Gasteiger partial charge on any atom is 2.00 e. The van der Waals surface area contributed by atoms with E-state index in [4.69, 9.17) is 198 Å². The van der Waals surface area contributed by atoms with E-state index in [1.165, 1.54) is 0 Å². The number of para-hydroxylation sites is 3. The average molecular weight is 1840 g/mol. The Labute approximate surface area is 749 Å². The molecule has 3 aliphatic carbocycles. The van der Waals surface area contributed by atoms with E-state index >= 15 is 0 Å². The molecule has 0 N–H and O–H groups in total. The first-order chi connectivity index (χ1) is 56.0. The van der Waals surface area contributed by atoms with Gasteiger partial charge in [-0.25, -0.2) is 9.97 Å². The fourth-order valence-corrected chi connectivity index (χ4v) is 20.8. The maximum absolute atomic E-state index is 8.02. The molecule has 0 saturated heterocycles. The molecule has 2 aliphatic heterocycles. The van der Waals surface area contributed by atoms with Crippen molar-refractivity contribution in [1.29, 1.82) is 0 Å². The van der Waals surface area contributed by atoms with Crippen LogP contribution in [0.2, 0.25) is 60.3 Å². The van der Waals surface area contributed by atoms with E-state index in [1.54, 1.807) is 0 Å². The fraction of sp³-hybridized carbons (Fsp3) is 0.261. The van der Waals surface area contributed by atoms with Crippen LogP contribution < -0.4 is 28.9 Å². The molecule has 13 aromatic rings. The van der Waals surface area contributed by atoms with E-state index < -0.39 is 10.8 Å². The number of rotatable bonds is 15. The van der Waals surface area contributed by atoms with E-state index in [-0.39, 0.29) is 210 Å². The van der Waals surface area contributed by atoms with Gasteiger partial charge in [-0.3, -0.25) is 0 Å². The molecule has 117 heavy (non-hydrogen) atoms. The topological polar surface area (TPSA) is 142 Å². The van der Waals surface area contributed by atoms with Crippen molar-refractivity contribution in [2.75, 3.05) is 0 Å². The predicted molar refractivity (Wildman–Crippen MR) is 475 cm³/mol. The van der Waals surface area contributed by atoms with Crippen LogP contribution in [-0.4, -0.2) is 29.9 Å². The predicted octanol–water partition coefficient (Wildman–Crippen LogP) is 31.9. The Kier molecular flexibility index (Phi) is 23.4. The van der Waals surface area contributed by atoms with Crippen molar-refractivity contribution in [3.05, 3.63) is 251 Å². The number of halogens is 12. The Hall–Kier alpha value is -7.14. The minimum absolute atomic E-state index is 0. The normalized spacial score (nSPS) is 14.8. The molecule has 0 spiro atoms. The van der Waals surface area contributed by atoms with Gasteiger partial charge >= 0.3 is 19.5 Å². The van der Waals surface area contributed by atoms with Gasteiger partial charge in [0.1, 0.15) is 43.1 Å². The van der Waals surface area contributed by atoms with Crippen LogP contribution in [0.3, 0.4) is 0 Å². The third-order valence-electron chi connectivity index (χ3n) is 23.7. The number of hydrogen-bond acceptors (Lipinski definition) is 10. The SMILES string of the molecule is CC(C)(c1ccccc1)c1ccc(Oc2c(Cl)c(Cl)c3c(c2Cl)-c2nc-3nc3[n-]c(nc4nc(nc5[n-]c(n2)c2c(Cl)c(Cl)c(Oc6ccccc6C6CCCCC6)c(Cl)c52)-c2c(Cl)c(Cl)c(Oc5ccccc5C5CCCCC5)c(Cl)c2-4)c2c(Cl)c(Oc4ccccc4C4CCCCC4)c(Cl)c(Cl)c32)c(C(C)(C)c2ccccc2)c1.[Zn+2]. The van der Waals surface area contributed by atoms with Gasteiger partial charge in [-0.2, -0.15) is 0 Å². The monoisotopic (exact) mass is 1830 g/mol. The van der Waals surface area contributed by atoms with Gasteiger partial charge in [-0.15, -0.1) is 0 Å². The van der Waals surface area contributed by atoms with Crippen molar-refractivity contribution >= 4 is 183 Å². The van der Waals surface area contributed by atoms with Gasteiger partial charge < -0.3 is 48.9 Å². The minimum atomic E-state index is -0.700. The summed E-state index contributed by atoms with van der Waals surface area (Å²) in [5, 5.41) is -0.231. The van der Waals surface area contributed by atoms with Gasteiger partial charge in [0.2, 0.25) is 0 Å². The maximum atomic E-state index is 8.02. The minimum Gasteiger partial charge on any atom is -0.454 e. The Morgan fingerprint density at radius 2 is 0.573 bits per heavy atom. The Morgan fingerprint density at radius 3 is 0.932 bits per heavy atom. The summed E-state index contributed by atoms with van der Waals surface area (Å²) in [6.45, 7) is 8.66. The molecule has 0 amide bonds. The largest absolute Gasteiger partial charge is 2.00 e. The number of nitrogens with zero attached hydrogens (tertiary/aromatic N) is 8. The van der Waals surface area contributed by atoms with E-state index in [1.807, 2.05) is 103 Å². The summed E-state index contributed by atoms with van der Waals surface area (Å²) in [5.74, 6) is 2.25. The van der Waals surface area contributed by atoms with Gasteiger partial charge in [-0.05, 0) is 114 Å². The Bertz CT molecular complexity index is 6370. The fourth-order valence-electron chi connectivity index (χ4n) is 17.4. The number of ether oxygens (including phenoxy) is 4. The summed E-state index contributed by atoms with van der Waals surface area (Å²) >= 11 is 93.2. The van der Waals surface area contributed by atoms with Crippen LogP contribution >= 0.6 is 139 Å². The van der Waals surface area contributed by atoms with Gasteiger partial charge in [0, 0.05) is 82.8 Å². The molecular formula is C92H70Cl12N8O4Zn. The third-order valence-corrected chi connectivity index (χ3v) is 28.5. The van der Waals surface area contributed by atoms with Crippen molar-refractivity contribution in [3.63, 3.8) is 0 Å². The van der Waals surface area contributed by atoms with Crippen molar-refractivity contribution in [1.82, 2.24) is 39.9 Å². The molecular weight excluding hydrogens is 1770 g/mol. The first-order valence-corrected chi connectivity index (χ1v) is 43.4. The second kappa shape index (κ2) is 33.4. The van der Waals surface area contributed by atoms with Crippen LogP contribution in [0, 0.1) is 0 Å². The molecule has 8 bridgehead atoms. The van der Waals surface area contributed by atoms with Crippen molar-refractivity contribution in [2.24, 2.45) is 0 Å². The van der Waals surface area contributed by atoms with Gasteiger partial charge in [-0.1, -0.05) is 352 Å². The van der Waals surface area contributed by atoms with Crippen LogP contribution in [0.5, 0.6) is 46.0 Å². The molecule has 5 aliphatic rings. The first kappa shape index (κ1) is 82.2. The molecule has 25 heteroatoms. The number of fused-ring (bicyclic) bond motifs is 20. The third kappa shape index (κ3) is 14.7. The Balaban J connectivity index is 0.00000983. The average Bonchev–Trinajstić information content (AvgIpc) is 1.56. The summed E-state index contributed by atoms with van der Waals surface area (Å²) < 4.78 is 28.1. The zero-order valence-electron chi connectivity index (χ0n) is 63.7. The van der Waals surface area contributed by atoms with Crippen molar-refractivity contribution in [3.8, 4) is 91.5 Å². The van der Waals surface area contributed by atoms with E-state index in [0.717, 1.165) is 135 Å². The Morgan fingerprint density at radius 1 is 0.282 bits per heavy atom. The van der Waals surface area contributed by atoms with E-state index in [0.29, 0.717) is 23.0 Å². The second-order valence-electron chi connectivity index (χ2n) is 31.3. The van der Waals surface area contributed by atoms with Gasteiger partial charge in [0.05, 0.1) is 63.5 Å². The molecule has 3 aromatic heterocycles. The number of benzene rings is 10. The smallest absolute Gasteiger partial charge is 0.454 e. The van der Waals surface area contributed by atoms with Gasteiger partial charge in [0.25, 0.3) is 0 Å². The molecule has 3 saturated carbocycles. The van der Waals surface area contributed by atoms with Crippen LogP contribution in [0.4, 0.5) is 0 Å². The van der Waals surface area contributed by atoms with Crippen LogP contribution in [-0.2, 0) is 30.3 Å². The summed E-state index contributed by atoms with van der Waals surface area (Å²) in [6.07, 6.45) is 15.7. The summed E-state index contributed by atoms with van der Waals surface area (Å²) in [5.41, 5.74) is 5.82. The van der Waals surface area contributed by atoms with Crippen LogP contribution in [0.25, 0.3) is 89.7 Å². The zero-order chi connectivity index (χ0) is 80.3. The molecule has 3 fully saturated rings. The van der Waals surface area contributed by atoms with Crippen molar-refractivity contribution < 1.29 is 38.4 Å². The molecule has 12 nitrogen and oxygen atoms in total. The van der Waals surface area contributed by atoms with Gasteiger partial charge in [0.15, 0.2) is 23.0 Å². The van der Waals surface area contributed by atoms with E-state index in [2.05, 4.69) is 76.2 Å². The summed E-state index contributed by atoms with van der Waals surface area (Å²) in [7, 11) is 0. The summed E-state index contributed by atoms with van der Waals surface area (Å²) in [4.78, 5) is 42.4. The quantitative estimate of drug-likeness (QED) is 0.0712. The number of hydrogen-bond donors (Lipinski definition) is 0. The molecule has 0 unspecified atom stereocenters. The molecule has 5 heterocycles. The second-order valence-corrected chi connectivity index (χ2v) is 35.8. The first-order valence-electron chi connectivity index (χ1n) is 38.8. The van der Waals surface area contributed by atoms with Crippen LogP contribution in [0.1, 0.15) is 181 Å². The molecule has 0 atom stereocenters.